The minimum atomic E-state index is -0.266. The summed E-state index contributed by atoms with van der Waals surface area (Å²) in [5.74, 6) is 0.0372. The van der Waals surface area contributed by atoms with Crippen LogP contribution in [0.4, 0.5) is 5.82 Å². The van der Waals surface area contributed by atoms with Crippen molar-refractivity contribution in [3.8, 4) is 0 Å². The number of amides is 1. The van der Waals surface area contributed by atoms with Crippen molar-refractivity contribution >= 4 is 11.7 Å². The highest BCUT2D eigenvalue weighted by molar-refractivity contribution is 5.91. The quantitative estimate of drug-likeness (QED) is 0.564. The fourth-order valence-corrected chi connectivity index (χ4v) is 0.592. The first-order valence-corrected chi connectivity index (χ1v) is 3.05. The molecule has 58 valence electrons. The van der Waals surface area contributed by atoms with Crippen molar-refractivity contribution in [2.45, 2.75) is 0 Å². The zero-order chi connectivity index (χ0) is 8.27. The SMILES string of the molecule is CNC(=O)c1ccc(N)nn1. The molecule has 0 fully saturated rings. The Morgan fingerprint density at radius 3 is 2.73 bits per heavy atom. The first-order valence-electron chi connectivity index (χ1n) is 3.05. The average Bonchev–Trinajstić information content (AvgIpc) is 2.05. The monoisotopic (exact) mass is 152 g/mol. The van der Waals surface area contributed by atoms with Crippen LogP contribution in [-0.4, -0.2) is 23.2 Å². The normalized spacial score (nSPS) is 9.18. The van der Waals surface area contributed by atoms with E-state index in [1.54, 1.807) is 0 Å². The van der Waals surface area contributed by atoms with Crippen molar-refractivity contribution in [2.24, 2.45) is 0 Å². The molecule has 0 bridgehead atoms. The molecule has 0 atom stereocenters. The molecule has 0 spiro atoms. The van der Waals surface area contributed by atoms with Gasteiger partial charge in [0.25, 0.3) is 5.91 Å². The number of hydrogen-bond acceptors (Lipinski definition) is 4. The lowest BCUT2D eigenvalue weighted by Crippen LogP contribution is -2.19. The minimum Gasteiger partial charge on any atom is -0.382 e. The van der Waals surface area contributed by atoms with Crippen LogP contribution in [0.15, 0.2) is 12.1 Å². The highest BCUT2D eigenvalue weighted by atomic mass is 16.1. The average molecular weight is 152 g/mol. The van der Waals surface area contributed by atoms with Crippen LogP contribution in [0.1, 0.15) is 10.5 Å². The molecule has 11 heavy (non-hydrogen) atoms. The van der Waals surface area contributed by atoms with E-state index >= 15 is 0 Å². The smallest absolute Gasteiger partial charge is 0.271 e. The zero-order valence-electron chi connectivity index (χ0n) is 6.03. The first kappa shape index (κ1) is 7.46. The fraction of sp³-hybridized carbons (Fsp3) is 0.167. The van der Waals surface area contributed by atoms with E-state index < -0.39 is 0 Å². The Balaban J connectivity index is 2.90. The number of nitrogens with zero attached hydrogens (tertiary/aromatic N) is 2. The van der Waals surface area contributed by atoms with E-state index in [2.05, 4.69) is 15.5 Å². The van der Waals surface area contributed by atoms with Gasteiger partial charge in [-0.2, -0.15) is 0 Å². The maximum absolute atomic E-state index is 10.9. The van der Waals surface area contributed by atoms with Gasteiger partial charge in [0.05, 0.1) is 0 Å². The summed E-state index contributed by atoms with van der Waals surface area (Å²) in [6.07, 6.45) is 0. The van der Waals surface area contributed by atoms with Gasteiger partial charge in [0.1, 0.15) is 5.82 Å². The fourth-order valence-electron chi connectivity index (χ4n) is 0.592. The van der Waals surface area contributed by atoms with E-state index in [4.69, 9.17) is 5.73 Å². The van der Waals surface area contributed by atoms with E-state index in [0.717, 1.165) is 0 Å². The maximum Gasteiger partial charge on any atom is 0.271 e. The summed E-state index contributed by atoms with van der Waals surface area (Å²) >= 11 is 0. The van der Waals surface area contributed by atoms with Crippen LogP contribution in [0.2, 0.25) is 0 Å². The molecule has 0 saturated heterocycles. The maximum atomic E-state index is 10.9. The van der Waals surface area contributed by atoms with Crippen molar-refractivity contribution < 1.29 is 4.79 Å². The number of nitrogen functional groups attached to an aromatic ring is 1. The number of nitrogens with one attached hydrogen (secondary N) is 1. The van der Waals surface area contributed by atoms with Gasteiger partial charge in [-0.3, -0.25) is 4.79 Å². The molecule has 0 aliphatic heterocycles. The summed E-state index contributed by atoms with van der Waals surface area (Å²) in [6, 6.07) is 3.04. The summed E-state index contributed by atoms with van der Waals surface area (Å²) in [5.41, 5.74) is 5.53. The second-order valence-electron chi connectivity index (χ2n) is 1.92. The second-order valence-corrected chi connectivity index (χ2v) is 1.92. The number of nitrogens with two attached hydrogens (primary N) is 1. The molecule has 0 aromatic carbocycles. The second kappa shape index (κ2) is 2.96. The molecule has 0 aliphatic carbocycles. The summed E-state index contributed by atoms with van der Waals surface area (Å²) in [4.78, 5) is 10.9. The van der Waals surface area contributed by atoms with Crippen LogP contribution >= 0.6 is 0 Å². The lowest BCUT2D eigenvalue weighted by atomic mass is 10.4. The molecule has 0 saturated carbocycles. The summed E-state index contributed by atoms with van der Waals surface area (Å²) in [5, 5.41) is 9.50. The van der Waals surface area contributed by atoms with Crippen LogP contribution in [-0.2, 0) is 0 Å². The van der Waals surface area contributed by atoms with Gasteiger partial charge < -0.3 is 11.1 Å². The third-order valence-electron chi connectivity index (χ3n) is 1.14. The van der Waals surface area contributed by atoms with Crippen molar-refractivity contribution in [3.63, 3.8) is 0 Å². The molecule has 1 aromatic heterocycles. The van der Waals surface area contributed by atoms with E-state index in [0.29, 0.717) is 5.82 Å². The Morgan fingerprint density at radius 2 is 2.27 bits per heavy atom. The Kier molecular flexibility index (Phi) is 2.00. The highest BCUT2D eigenvalue weighted by Crippen LogP contribution is 1.95. The standard InChI is InChI=1S/C6H8N4O/c1-8-6(11)4-2-3-5(7)10-9-4/h2-3H,1H3,(H2,7,10)(H,8,11). The van der Waals surface area contributed by atoms with Gasteiger partial charge in [0.2, 0.25) is 0 Å². The molecule has 1 rings (SSSR count). The topological polar surface area (TPSA) is 80.9 Å². The summed E-state index contributed by atoms with van der Waals surface area (Å²) in [7, 11) is 1.53. The molecular weight excluding hydrogens is 144 g/mol. The lowest BCUT2D eigenvalue weighted by Gasteiger charge is -1.96. The molecule has 3 N–H and O–H groups in total. The van der Waals surface area contributed by atoms with Gasteiger partial charge >= 0.3 is 0 Å². The van der Waals surface area contributed by atoms with Crippen LogP contribution < -0.4 is 11.1 Å². The molecule has 1 heterocycles. The largest absolute Gasteiger partial charge is 0.382 e. The molecule has 1 amide bonds. The molecular formula is C6H8N4O. The number of carbonyl (C=O) groups is 1. The molecule has 5 nitrogen and oxygen atoms in total. The number of carbonyl (C=O) groups excluding carboxylic acids is 1. The van der Waals surface area contributed by atoms with Crippen molar-refractivity contribution in [1.29, 1.82) is 0 Å². The Labute approximate surface area is 63.6 Å². The van der Waals surface area contributed by atoms with E-state index in [9.17, 15) is 4.79 Å². The van der Waals surface area contributed by atoms with E-state index in [1.807, 2.05) is 0 Å². The molecule has 0 unspecified atom stereocenters. The molecule has 1 aromatic rings. The van der Waals surface area contributed by atoms with Crippen molar-refractivity contribution in [2.75, 3.05) is 12.8 Å². The highest BCUT2D eigenvalue weighted by Gasteiger charge is 2.03. The van der Waals surface area contributed by atoms with Gasteiger partial charge in [0, 0.05) is 7.05 Å². The van der Waals surface area contributed by atoms with E-state index in [1.165, 1.54) is 19.2 Å². The molecule has 5 heteroatoms. The third kappa shape index (κ3) is 1.64. The van der Waals surface area contributed by atoms with Crippen LogP contribution in [0.5, 0.6) is 0 Å². The van der Waals surface area contributed by atoms with Crippen LogP contribution in [0.25, 0.3) is 0 Å². The van der Waals surface area contributed by atoms with Crippen LogP contribution in [0.3, 0.4) is 0 Å². The number of hydrogen-bond donors (Lipinski definition) is 2. The Morgan fingerprint density at radius 1 is 1.55 bits per heavy atom. The van der Waals surface area contributed by atoms with Gasteiger partial charge in [-0.1, -0.05) is 0 Å². The van der Waals surface area contributed by atoms with Gasteiger partial charge in [0.15, 0.2) is 5.69 Å². The van der Waals surface area contributed by atoms with Gasteiger partial charge in [-0.05, 0) is 12.1 Å². The van der Waals surface area contributed by atoms with Crippen molar-refractivity contribution in [3.05, 3.63) is 17.8 Å². The van der Waals surface area contributed by atoms with Gasteiger partial charge in [-0.15, -0.1) is 10.2 Å². The van der Waals surface area contributed by atoms with Crippen LogP contribution in [0, 0.1) is 0 Å². The lowest BCUT2D eigenvalue weighted by molar-refractivity contribution is 0.0957. The summed E-state index contributed by atoms with van der Waals surface area (Å²) in [6.45, 7) is 0. The first-order chi connectivity index (χ1) is 5.24. The predicted octanol–water partition coefficient (Wildman–Crippen LogP) is -0.582. The number of anilines is 1. The Hall–Kier alpha value is -1.65. The van der Waals surface area contributed by atoms with Crippen molar-refractivity contribution in [1.82, 2.24) is 15.5 Å². The zero-order valence-corrected chi connectivity index (χ0v) is 6.03. The third-order valence-corrected chi connectivity index (χ3v) is 1.14. The number of aromatic nitrogens is 2. The van der Waals surface area contributed by atoms with Gasteiger partial charge in [-0.25, -0.2) is 0 Å². The molecule has 0 radical (unpaired) electrons. The molecule has 0 aliphatic rings. The minimum absolute atomic E-state index is 0.265. The number of rotatable bonds is 1. The summed E-state index contributed by atoms with van der Waals surface area (Å²) < 4.78 is 0. The Bertz CT molecular complexity index is 256. The predicted molar refractivity (Wildman–Crippen MR) is 39.8 cm³/mol. The van der Waals surface area contributed by atoms with E-state index in [-0.39, 0.29) is 11.6 Å².